The summed E-state index contributed by atoms with van der Waals surface area (Å²) >= 11 is 7.89. The average molecular weight is 435 g/mol. The molecule has 0 saturated carbocycles. The van der Waals surface area contributed by atoms with E-state index in [9.17, 15) is 0 Å². The number of thiophene rings is 1. The van der Waals surface area contributed by atoms with Crippen molar-refractivity contribution in [2.45, 2.75) is 12.5 Å². The Labute approximate surface area is 182 Å². The fourth-order valence-corrected chi connectivity index (χ4v) is 4.85. The molecule has 150 valence electrons. The number of hydrogen-bond acceptors (Lipinski definition) is 5. The number of nitrogens with two attached hydrogens (primary N) is 1. The van der Waals surface area contributed by atoms with E-state index >= 15 is 0 Å². The maximum atomic E-state index is 6.34. The monoisotopic (exact) mass is 434 g/mol. The summed E-state index contributed by atoms with van der Waals surface area (Å²) in [5.74, 6) is 0.698. The lowest BCUT2D eigenvalue weighted by molar-refractivity contribution is 0.287. The number of aromatic amines is 1. The molecule has 0 spiro atoms. The van der Waals surface area contributed by atoms with Gasteiger partial charge < -0.3 is 15.5 Å². The Balaban J connectivity index is 1.29. The Hall–Kier alpha value is -2.93. The Bertz CT molecular complexity index is 1330. The van der Waals surface area contributed by atoms with Crippen LogP contribution in [0.15, 0.2) is 67.4 Å². The lowest BCUT2D eigenvalue weighted by atomic mass is 10.1. The quantitative estimate of drug-likeness (QED) is 0.373. The van der Waals surface area contributed by atoms with Crippen LogP contribution in [-0.4, -0.2) is 27.6 Å². The van der Waals surface area contributed by atoms with E-state index < -0.39 is 0 Å². The van der Waals surface area contributed by atoms with Gasteiger partial charge in [-0.3, -0.25) is 9.97 Å². The van der Waals surface area contributed by atoms with Gasteiger partial charge in [0.05, 0.1) is 15.9 Å². The van der Waals surface area contributed by atoms with Crippen molar-refractivity contribution in [1.29, 1.82) is 0 Å². The highest BCUT2D eigenvalue weighted by Gasteiger charge is 2.12. The predicted molar refractivity (Wildman–Crippen MR) is 123 cm³/mol. The van der Waals surface area contributed by atoms with Gasteiger partial charge in [0, 0.05) is 57.6 Å². The maximum Gasteiger partial charge on any atom is 0.138 e. The maximum absolute atomic E-state index is 6.34. The van der Waals surface area contributed by atoms with E-state index in [1.807, 2.05) is 36.8 Å². The number of aromatic nitrogens is 3. The number of halogens is 1. The van der Waals surface area contributed by atoms with Crippen LogP contribution in [0.4, 0.5) is 0 Å². The van der Waals surface area contributed by atoms with Crippen LogP contribution in [0.5, 0.6) is 5.75 Å². The zero-order valence-electron chi connectivity index (χ0n) is 16.0. The Morgan fingerprint density at radius 3 is 2.83 bits per heavy atom. The molecule has 1 atom stereocenters. The molecule has 0 saturated heterocycles. The summed E-state index contributed by atoms with van der Waals surface area (Å²) < 4.78 is 7.00. The number of ether oxygens (including phenoxy) is 1. The Kier molecular flexibility index (Phi) is 5.12. The van der Waals surface area contributed by atoms with Gasteiger partial charge in [0.2, 0.25) is 0 Å². The molecule has 7 heteroatoms. The van der Waals surface area contributed by atoms with Gasteiger partial charge in [0.15, 0.2) is 0 Å². The molecule has 0 radical (unpaired) electrons. The minimum atomic E-state index is -0.123. The summed E-state index contributed by atoms with van der Waals surface area (Å²) in [5, 5.41) is 2.85. The van der Waals surface area contributed by atoms with E-state index in [1.165, 1.54) is 10.9 Å². The van der Waals surface area contributed by atoms with E-state index in [1.54, 1.807) is 23.7 Å². The molecule has 0 amide bonds. The molecule has 5 nitrogen and oxygen atoms in total. The van der Waals surface area contributed by atoms with Crippen molar-refractivity contribution in [3.63, 3.8) is 0 Å². The van der Waals surface area contributed by atoms with E-state index in [2.05, 4.69) is 33.2 Å². The third-order valence-corrected chi connectivity index (χ3v) is 6.44. The van der Waals surface area contributed by atoms with Gasteiger partial charge in [-0.2, -0.15) is 0 Å². The highest BCUT2D eigenvalue weighted by atomic mass is 35.5. The van der Waals surface area contributed by atoms with Gasteiger partial charge in [-0.25, -0.2) is 0 Å². The van der Waals surface area contributed by atoms with Crippen LogP contribution in [0, 0.1) is 0 Å². The number of nitrogens with one attached hydrogen (secondary N) is 1. The second-order valence-electron chi connectivity index (χ2n) is 7.19. The average Bonchev–Trinajstić information content (AvgIpc) is 3.38. The minimum absolute atomic E-state index is 0.123. The third-order valence-electron chi connectivity index (χ3n) is 5.02. The van der Waals surface area contributed by atoms with Crippen LogP contribution < -0.4 is 10.5 Å². The van der Waals surface area contributed by atoms with Crippen LogP contribution in [0.1, 0.15) is 5.56 Å². The number of rotatable bonds is 6. The largest absolute Gasteiger partial charge is 0.490 e. The molecule has 0 fully saturated rings. The van der Waals surface area contributed by atoms with Crippen LogP contribution >= 0.6 is 22.9 Å². The lowest BCUT2D eigenvalue weighted by Crippen LogP contribution is -2.30. The normalized spacial score (nSPS) is 12.5. The Morgan fingerprint density at radius 1 is 1.07 bits per heavy atom. The Morgan fingerprint density at radius 2 is 1.93 bits per heavy atom. The smallest absolute Gasteiger partial charge is 0.138 e. The molecule has 4 aromatic heterocycles. The standard InChI is InChI=1S/C23H19ClN4OS/c24-20-11-27-12-23-19(20)7-22(30-23)15-6-17(10-26-8-15)29-13-16(25)5-14-9-28-21-4-2-1-3-18(14)21/h1-4,6-12,16,28H,5,13,25H2/t16-/m0/s1. The van der Waals surface area contributed by atoms with Gasteiger partial charge in [0.1, 0.15) is 12.4 Å². The number of para-hydroxylation sites is 1. The van der Waals surface area contributed by atoms with E-state index in [0.29, 0.717) is 17.4 Å². The van der Waals surface area contributed by atoms with Crippen molar-refractivity contribution < 1.29 is 4.74 Å². The summed E-state index contributed by atoms with van der Waals surface area (Å²) in [6.45, 7) is 0.410. The fourth-order valence-electron chi connectivity index (χ4n) is 3.55. The highest BCUT2D eigenvalue weighted by molar-refractivity contribution is 7.22. The second kappa shape index (κ2) is 8.07. The van der Waals surface area contributed by atoms with Crippen LogP contribution in [0.2, 0.25) is 5.02 Å². The molecular formula is C23H19ClN4OS. The SMILES string of the molecule is N[C@H](COc1cncc(-c2cc3c(Cl)cncc3s2)c1)Cc1c[nH]c2ccccc12. The summed E-state index contributed by atoms with van der Waals surface area (Å²) in [4.78, 5) is 12.9. The predicted octanol–water partition coefficient (Wildman–Crippen LogP) is 5.44. The molecule has 5 rings (SSSR count). The van der Waals surface area contributed by atoms with E-state index in [-0.39, 0.29) is 6.04 Å². The molecule has 5 aromatic rings. The highest BCUT2D eigenvalue weighted by Crippen LogP contribution is 2.36. The van der Waals surface area contributed by atoms with Crippen LogP contribution in [0.25, 0.3) is 31.4 Å². The van der Waals surface area contributed by atoms with Crippen molar-refractivity contribution in [1.82, 2.24) is 15.0 Å². The third kappa shape index (κ3) is 3.77. The number of hydrogen-bond donors (Lipinski definition) is 2. The first-order valence-electron chi connectivity index (χ1n) is 9.59. The van der Waals surface area contributed by atoms with E-state index in [0.717, 1.165) is 32.5 Å². The minimum Gasteiger partial charge on any atom is -0.490 e. The first-order valence-corrected chi connectivity index (χ1v) is 10.8. The first-order chi connectivity index (χ1) is 14.7. The number of pyridine rings is 2. The molecule has 0 aliphatic heterocycles. The summed E-state index contributed by atoms with van der Waals surface area (Å²) in [5.41, 5.74) is 9.64. The molecule has 1 aromatic carbocycles. The topological polar surface area (TPSA) is 76.8 Å². The van der Waals surface area contributed by atoms with Crippen molar-refractivity contribution in [2.75, 3.05) is 6.61 Å². The summed E-state index contributed by atoms with van der Waals surface area (Å²) in [7, 11) is 0. The molecule has 0 unspecified atom stereocenters. The molecule has 0 aliphatic rings. The molecular weight excluding hydrogens is 416 g/mol. The van der Waals surface area contributed by atoms with Crippen molar-refractivity contribution in [3.05, 3.63) is 78.0 Å². The summed E-state index contributed by atoms with van der Waals surface area (Å²) in [6, 6.07) is 12.2. The number of benzene rings is 1. The zero-order valence-corrected chi connectivity index (χ0v) is 17.6. The van der Waals surface area contributed by atoms with Gasteiger partial charge in [-0.05, 0) is 30.2 Å². The van der Waals surface area contributed by atoms with E-state index in [4.69, 9.17) is 22.1 Å². The van der Waals surface area contributed by atoms with Gasteiger partial charge in [0.25, 0.3) is 0 Å². The van der Waals surface area contributed by atoms with Crippen molar-refractivity contribution in [2.24, 2.45) is 5.73 Å². The molecule has 3 N–H and O–H groups in total. The second-order valence-corrected chi connectivity index (χ2v) is 8.68. The molecule has 0 bridgehead atoms. The van der Waals surface area contributed by atoms with Crippen molar-refractivity contribution in [3.8, 4) is 16.2 Å². The molecule has 0 aliphatic carbocycles. The zero-order chi connectivity index (χ0) is 20.5. The molecule has 4 heterocycles. The van der Waals surface area contributed by atoms with Crippen LogP contribution in [0.3, 0.4) is 0 Å². The number of H-pyrrole nitrogens is 1. The fraction of sp³-hybridized carbons (Fsp3) is 0.130. The van der Waals surface area contributed by atoms with Gasteiger partial charge in [-0.1, -0.05) is 29.8 Å². The first kappa shape index (κ1) is 19.1. The summed E-state index contributed by atoms with van der Waals surface area (Å²) in [6.07, 6.45) is 9.78. The lowest BCUT2D eigenvalue weighted by Gasteiger charge is -2.13. The van der Waals surface area contributed by atoms with Crippen molar-refractivity contribution >= 4 is 43.9 Å². The van der Waals surface area contributed by atoms with Crippen LogP contribution in [-0.2, 0) is 6.42 Å². The van der Waals surface area contributed by atoms with Gasteiger partial charge >= 0.3 is 0 Å². The molecule has 30 heavy (non-hydrogen) atoms. The number of nitrogens with zero attached hydrogens (tertiary/aromatic N) is 2. The number of fused-ring (bicyclic) bond motifs is 2. The van der Waals surface area contributed by atoms with Gasteiger partial charge in [-0.15, -0.1) is 11.3 Å².